The zero-order valence-corrected chi connectivity index (χ0v) is 15.4. The fourth-order valence-electron chi connectivity index (χ4n) is 3.42. The molecular weight excluding hydrogens is 342 g/mol. The molecule has 1 aliphatic rings. The maximum absolute atomic E-state index is 12.7. The summed E-state index contributed by atoms with van der Waals surface area (Å²) in [5.74, 6) is 0.996. The van der Waals surface area contributed by atoms with E-state index in [1.165, 1.54) is 6.20 Å². The zero-order valence-electron chi connectivity index (χ0n) is 15.4. The van der Waals surface area contributed by atoms with Crippen LogP contribution in [0.25, 0.3) is 11.4 Å². The van der Waals surface area contributed by atoms with Crippen molar-refractivity contribution in [3.63, 3.8) is 0 Å². The van der Waals surface area contributed by atoms with Gasteiger partial charge in [-0.25, -0.2) is 15.0 Å². The largest absolute Gasteiger partial charge is 0.337 e. The van der Waals surface area contributed by atoms with E-state index in [4.69, 9.17) is 4.98 Å². The van der Waals surface area contributed by atoms with E-state index < -0.39 is 0 Å². The van der Waals surface area contributed by atoms with Gasteiger partial charge in [0.15, 0.2) is 0 Å². The number of rotatable bonds is 3. The van der Waals surface area contributed by atoms with Crippen LogP contribution in [0.2, 0.25) is 0 Å². The van der Waals surface area contributed by atoms with Gasteiger partial charge in [0, 0.05) is 44.6 Å². The molecule has 3 aromatic heterocycles. The number of nitrogens with zero attached hydrogens (tertiary/aromatic N) is 7. The fraction of sp³-hybridized carbons (Fsp3) is 0.368. The molecule has 4 heterocycles. The van der Waals surface area contributed by atoms with E-state index in [1.54, 1.807) is 24.8 Å². The topological polar surface area (TPSA) is 89.7 Å². The number of hydrogen-bond donors (Lipinski definition) is 0. The minimum Gasteiger partial charge on any atom is -0.337 e. The van der Waals surface area contributed by atoms with Crippen molar-refractivity contribution in [1.82, 2.24) is 34.4 Å². The molecule has 8 nitrogen and oxygen atoms in total. The number of carbonyl (C=O) groups is 1. The highest BCUT2D eigenvalue weighted by Gasteiger charge is 2.27. The van der Waals surface area contributed by atoms with Crippen molar-refractivity contribution >= 4 is 5.91 Å². The summed E-state index contributed by atoms with van der Waals surface area (Å²) >= 11 is 0. The van der Waals surface area contributed by atoms with Crippen molar-refractivity contribution in [3.05, 3.63) is 54.4 Å². The molecule has 1 atom stereocenters. The average molecular weight is 363 g/mol. The van der Waals surface area contributed by atoms with Crippen LogP contribution < -0.4 is 0 Å². The highest BCUT2D eigenvalue weighted by atomic mass is 16.2. The first-order valence-corrected chi connectivity index (χ1v) is 8.99. The van der Waals surface area contributed by atoms with E-state index in [-0.39, 0.29) is 11.8 Å². The van der Waals surface area contributed by atoms with Gasteiger partial charge in [-0.2, -0.15) is 0 Å². The van der Waals surface area contributed by atoms with Crippen molar-refractivity contribution < 1.29 is 4.79 Å². The molecule has 1 fully saturated rings. The second-order valence-corrected chi connectivity index (χ2v) is 6.76. The lowest BCUT2D eigenvalue weighted by molar-refractivity contribution is 0.0699. The van der Waals surface area contributed by atoms with Crippen molar-refractivity contribution in [2.75, 3.05) is 13.1 Å². The molecule has 1 unspecified atom stereocenters. The number of hydrogen-bond acceptors (Lipinski definition) is 6. The molecule has 0 radical (unpaired) electrons. The molecule has 1 amide bonds. The van der Waals surface area contributed by atoms with Crippen molar-refractivity contribution in [2.24, 2.45) is 7.05 Å². The number of aryl methyl sites for hydroxylation is 1. The molecule has 8 heteroatoms. The third-order valence-corrected chi connectivity index (χ3v) is 5.05. The normalized spacial score (nSPS) is 17.1. The molecule has 0 aromatic carbocycles. The van der Waals surface area contributed by atoms with Gasteiger partial charge in [-0.1, -0.05) is 0 Å². The second kappa shape index (κ2) is 7.22. The summed E-state index contributed by atoms with van der Waals surface area (Å²) in [6.45, 7) is 3.29. The first-order chi connectivity index (χ1) is 13.1. The quantitative estimate of drug-likeness (QED) is 0.707. The molecule has 27 heavy (non-hydrogen) atoms. The smallest absolute Gasteiger partial charge is 0.274 e. The lowest BCUT2D eigenvalue weighted by Crippen LogP contribution is -2.39. The molecule has 1 saturated heterocycles. The Morgan fingerprint density at radius 3 is 2.74 bits per heavy atom. The lowest BCUT2D eigenvalue weighted by atomic mass is 9.94. The van der Waals surface area contributed by atoms with Crippen LogP contribution in [0.3, 0.4) is 0 Å². The number of imidazole rings is 1. The predicted molar refractivity (Wildman–Crippen MR) is 98.9 cm³/mol. The number of amides is 1. The molecule has 0 aliphatic carbocycles. The minimum atomic E-state index is -0.0841. The molecule has 0 N–H and O–H groups in total. The lowest BCUT2D eigenvalue weighted by Gasteiger charge is -2.32. The van der Waals surface area contributed by atoms with Crippen LogP contribution in [0.15, 0.2) is 37.2 Å². The van der Waals surface area contributed by atoms with E-state index in [1.807, 2.05) is 29.6 Å². The van der Waals surface area contributed by atoms with Crippen LogP contribution in [-0.2, 0) is 7.05 Å². The molecule has 1 aliphatic heterocycles. The SMILES string of the molecule is Cc1ncc(-c2cncc(C3CCCN(C(=O)c4cnccn4)C3)n2)n1C. The summed E-state index contributed by atoms with van der Waals surface area (Å²) in [5, 5.41) is 0. The number of carbonyl (C=O) groups excluding carboxylic acids is 1. The van der Waals surface area contributed by atoms with Crippen LogP contribution in [0, 0.1) is 6.92 Å². The molecule has 138 valence electrons. The van der Waals surface area contributed by atoms with Gasteiger partial charge < -0.3 is 9.47 Å². The van der Waals surface area contributed by atoms with Gasteiger partial charge >= 0.3 is 0 Å². The molecule has 0 spiro atoms. The van der Waals surface area contributed by atoms with E-state index in [0.717, 1.165) is 42.3 Å². The van der Waals surface area contributed by atoms with E-state index in [9.17, 15) is 4.79 Å². The van der Waals surface area contributed by atoms with Gasteiger partial charge in [0.25, 0.3) is 5.91 Å². The Balaban J connectivity index is 1.56. The van der Waals surface area contributed by atoms with E-state index in [0.29, 0.717) is 12.2 Å². The predicted octanol–water partition coefficient (Wildman–Crippen LogP) is 2.00. The number of aromatic nitrogens is 6. The number of likely N-dealkylation sites (tertiary alicyclic amines) is 1. The first kappa shape index (κ1) is 17.3. The summed E-state index contributed by atoms with van der Waals surface area (Å²) in [6.07, 6.45) is 11.9. The molecule has 4 rings (SSSR count). The standard InChI is InChI=1S/C19H21N7O/c1-13-23-11-18(25(13)2)16-9-21-8-15(24-16)14-4-3-7-26(12-14)19(27)17-10-20-5-6-22-17/h5-6,8-11,14H,3-4,7,12H2,1-2H3. The van der Waals surface area contributed by atoms with Crippen molar-refractivity contribution in [2.45, 2.75) is 25.7 Å². The Kier molecular flexibility index (Phi) is 4.62. The zero-order chi connectivity index (χ0) is 18.8. The maximum Gasteiger partial charge on any atom is 0.274 e. The summed E-state index contributed by atoms with van der Waals surface area (Å²) in [4.78, 5) is 36.2. The summed E-state index contributed by atoms with van der Waals surface area (Å²) in [7, 11) is 1.97. The Morgan fingerprint density at radius 2 is 2.00 bits per heavy atom. The molecule has 3 aromatic rings. The fourth-order valence-corrected chi connectivity index (χ4v) is 3.42. The molecule has 0 bridgehead atoms. The van der Waals surface area contributed by atoms with Crippen molar-refractivity contribution in [1.29, 1.82) is 0 Å². The van der Waals surface area contributed by atoms with Gasteiger partial charge in [0.05, 0.1) is 30.0 Å². The van der Waals surface area contributed by atoms with Crippen LogP contribution in [-0.4, -0.2) is 53.4 Å². The average Bonchev–Trinajstić information content (AvgIpc) is 3.07. The highest BCUT2D eigenvalue weighted by molar-refractivity contribution is 5.92. The number of piperidine rings is 1. The van der Waals surface area contributed by atoms with Crippen LogP contribution >= 0.6 is 0 Å². The Morgan fingerprint density at radius 1 is 1.11 bits per heavy atom. The van der Waals surface area contributed by atoms with Crippen LogP contribution in [0.1, 0.15) is 40.8 Å². The third kappa shape index (κ3) is 3.42. The minimum absolute atomic E-state index is 0.0841. The summed E-state index contributed by atoms with van der Waals surface area (Å²) in [5.41, 5.74) is 3.02. The Labute approximate surface area is 157 Å². The molecule has 0 saturated carbocycles. The van der Waals surface area contributed by atoms with Gasteiger partial charge in [-0.3, -0.25) is 14.8 Å². The summed E-state index contributed by atoms with van der Waals surface area (Å²) < 4.78 is 2.00. The third-order valence-electron chi connectivity index (χ3n) is 5.05. The van der Waals surface area contributed by atoms with Crippen molar-refractivity contribution in [3.8, 4) is 11.4 Å². The summed E-state index contributed by atoms with van der Waals surface area (Å²) in [6, 6.07) is 0. The van der Waals surface area contributed by atoms with Gasteiger partial charge in [0.1, 0.15) is 17.2 Å². The monoisotopic (exact) mass is 363 g/mol. The van der Waals surface area contributed by atoms with Gasteiger partial charge in [0.2, 0.25) is 0 Å². The Hall–Kier alpha value is -3.16. The highest BCUT2D eigenvalue weighted by Crippen LogP contribution is 2.27. The van der Waals surface area contributed by atoms with Crippen LogP contribution in [0.5, 0.6) is 0 Å². The van der Waals surface area contributed by atoms with Gasteiger partial charge in [-0.05, 0) is 19.8 Å². The van der Waals surface area contributed by atoms with Gasteiger partial charge in [-0.15, -0.1) is 0 Å². The first-order valence-electron chi connectivity index (χ1n) is 8.99. The van der Waals surface area contributed by atoms with E-state index in [2.05, 4.69) is 19.9 Å². The maximum atomic E-state index is 12.7. The molecular formula is C19H21N7O. The van der Waals surface area contributed by atoms with E-state index >= 15 is 0 Å². The van der Waals surface area contributed by atoms with Crippen LogP contribution in [0.4, 0.5) is 0 Å². The second-order valence-electron chi connectivity index (χ2n) is 6.76. The Bertz CT molecular complexity index is 954.